The average molecular weight is 597 g/mol. The van der Waals surface area contributed by atoms with Gasteiger partial charge in [-0.3, -0.25) is 14.2 Å². The summed E-state index contributed by atoms with van der Waals surface area (Å²) in [6.45, 7) is 10.5. The zero-order valence-electron chi connectivity index (χ0n) is 24.7. The Hall–Kier alpha value is -3.74. The number of fused-ring (bicyclic) bond motifs is 1. The molecule has 0 saturated carbocycles. The van der Waals surface area contributed by atoms with Crippen molar-refractivity contribution < 1.29 is 23.4 Å². The monoisotopic (exact) mass is 596 g/mol. The van der Waals surface area contributed by atoms with Gasteiger partial charge in [0.2, 0.25) is 11.8 Å². The Bertz CT molecular complexity index is 1690. The second kappa shape index (κ2) is 11.9. The first-order valence-electron chi connectivity index (χ1n) is 13.9. The molecule has 1 aliphatic heterocycles. The van der Waals surface area contributed by atoms with Gasteiger partial charge in [-0.15, -0.1) is 11.3 Å². The van der Waals surface area contributed by atoms with Crippen LogP contribution in [0.4, 0.5) is 0 Å². The van der Waals surface area contributed by atoms with Gasteiger partial charge in [0.05, 0.1) is 49.4 Å². The van der Waals surface area contributed by atoms with E-state index in [1.807, 2.05) is 38.1 Å². The molecule has 0 radical (unpaired) electrons. The molecular formula is C30H36N4O7S. The third-order valence-electron chi connectivity index (χ3n) is 7.49. The van der Waals surface area contributed by atoms with E-state index in [4.69, 9.17) is 18.6 Å². The molecule has 224 valence electrons. The van der Waals surface area contributed by atoms with Gasteiger partial charge in [-0.1, -0.05) is 18.2 Å². The third-order valence-corrected chi connectivity index (χ3v) is 8.79. The number of aryl methyl sites for hydroxylation is 1. The van der Waals surface area contributed by atoms with Crippen LogP contribution in [0.3, 0.4) is 0 Å². The maximum Gasteiger partial charge on any atom is 0.333 e. The molecule has 0 spiro atoms. The van der Waals surface area contributed by atoms with Crippen molar-refractivity contribution in [3.05, 3.63) is 68.7 Å². The summed E-state index contributed by atoms with van der Waals surface area (Å²) in [4.78, 5) is 49.5. The van der Waals surface area contributed by atoms with Gasteiger partial charge in [-0.2, -0.15) is 0 Å². The highest BCUT2D eigenvalue weighted by molar-refractivity contribution is 7.22. The second-order valence-electron chi connectivity index (χ2n) is 11.0. The molecule has 0 aliphatic carbocycles. The molecular weight excluding hydrogens is 560 g/mol. The van der Waals surface area contributed by atoms with Gasteiger partial charge in [0.1, 0.15) is 28.5 Å². The molecule has 42 heavy (non-hydrogen) atoms. The Morgan fingerprint density at radius 1 is 1.17 bits per heavy atom. The summed E-state index contributed by atoms with van der Waals surface area (Å²) in [7, 11) is 1.58. The van der Waals surface area contributed by atoms with Crippen LogP contribution in [0.5, 0.6) is 5.75 Å². The first-order valence-corrected chi connectivity index (χ1v) is 14.7. The quantitative estimate of drug-likeness (QED) is 0.285. The van der Waals surface area contributed by atoms with E-state index < -0.39 is 22.9 Å². The van der Waals surface area contributed by atoms with Crippen molar-refractivity contribution in [2.75, 3.05) is 33.4 Å². The average Bonchev–Trinajstić information content (AvgIpc) is 3.62. The lowest BCUT2D eigenvalue weighted by molar-refractivity contribution is -0.143. The zero-order valence-corrected chi connectivity index (χ0v) is 25.5. The number of amides is 1. The highest BCUT2D eigenvalue weighted by Gasteiger charge is 2.39. The molecule has 11 nitrogen and oxygen atoms in total. The number of para-hydroxylation sites is 1. The Kier molecular flexibility index (Phi) is 8.40. The van der Waals surface area contributed by atoms with Crippen molar-refractivity contribution in [3.8, 4) is 16.5 Å². The van der Waals surface area contributed by atoms with Crippen LogP contribution in [0.2, 0.25) is 0 Å². The number of carbonyl (C=O) groups is 1. The Morgan fingerprint density at radius 2 is 1.88 bits per heavy atom. The number of hydrogen-bond acceptors (Lipinski definition) is 9. The fourth-order valence-electron chi connectivity index (χ4n) is 5.43. The largest absolute Gasteiger partial charge is 0.496 e. The van der Waals surface area contributed by atoms with E-state index in [-0.39, 0.29) is 18.6 Å². The van der Waals surface area contributed by atoms with E-state index in [1.165, 1.54) is 28.4 Å². The first-order chi connectivity index (χ1) is 20.1. The molecule has 5 rings (SSSR count). The summed E-state index contributed by atoms with van der Waals surface area (Å²) in [6, 6.07) is 7.48. The van der Waals surface area contributed by atoms with Crippen LogP contribution in [-0.4, -0.2) is 64.4 Å². The number of oxazole rings is 1. The summed E-state index contributed by atoms with van der Waals surface area (Å²) in [5.41, 5.74) is -1.23. The van der Waals surface area contributed by atoms with Crippen LogP contribution in [0.1, 0.15) is 44.9 Å². The van der Waals surface area contributed by atoms with Crippen LogP contribution < -0.4 is 16.0 Å². The number of aromatic nitrogens is 3. The van der Waals surface area contributed by atoms with Gasteiger partial charge in [0.25, 0.3) is 5.56 Å². The lowest BCUT2D eigenvalue weighted by Gasteiger charge is -2.35. The molecule has 0 bridgehead atoms. The molecule has 4 aromatic rings. The third kappa shape index (κ3) is 5.30. The summed E-state index contributed by atoms with van der Waals surface area (Å²) < 4.78 is 25.6. The number of morpholine rings is 1. The van der Waals surface area contributed by atoms with E-state index in [0.29, 0.717) is 58.6 Å². The highest BCUT2D eigenvalue weighted by atomic mass is 32.1. The molecule has 1 fully saturated rings. The van der Waals surface area contributed by atoms with Gasteiger partial charge < -0.3 is 23.5 Å². The van der Waals surface area contributed by atoms with E-state index in [9.17, 15) is 14.4 Å². The summed E-state index contributed by atoms with van der Waals surface area (Å²) >= 11 is 1.25. The summed E-state index contributed by atoms with van der Waals surface area (Å²) in [5, 5.41) is 0.332. The Morgan fingerprint density at radius 3 is 2.52 bits per heavy atom. The van der Waals surface area contributed by atoms with Crippen LogP contribution in [-0.2, 0) is 26.4 Å². The molecule has 0 unspecified atom stereocenters. The number of methoxy groups -OCH3 is 1. The van der Waals surface area contributed by atoms with E-state index in [0.717, 1.165) is 10.1 Å². The molecule has 0 N–H and O–H groups in total. The Labute approximate surface area is 247 Å². The number of carbonyl (C=O) groups excluding carboxylic acids is 1. The van der Waals surface area contributed by atoms with Crippen LogP contribution in [0.15, 0.2) is 50.7 Å². The van der Waals surface area contributed by atoms with Crippen LogP contribution in [0, 0.1) is 6.92 Å². The molecule has 1 aromatic carbocycles. The van der Waals surface area contributed by atoms with E-state index >= 15 is 0 Å². The standard InChI is InChI=1S/C30H36N4O7S/c1-18(2)41-22(20-9-7-8-10-21(20)38-6)17-33-27-23(19(3)24(42-27)25-31-11-14-40-25)26(35)34(29(33)37)30(4,5)28(36)32-12-15-39-16-13-32/h7-11,14,18,22H,12-13,15-17H2,1-6H3/t22-/m0/s1. The molecule has 1 saturated heterocycles. The Balaban J connectivity index is 1.76. The molecule has 4 heterocycles. The predicted molar refractivity (Wildman–Crippen MR) is 159 cm³/mol. The fraction of sp³-hybridized carbons (Fsp3) is 0.467. The SMILES string of the molecule is COc1ccccc1[C@H](Cn1c(=O)n(C(C)(C)C(=O)N2CCOCC2)c(=O)c2c(C)c(-c3ncco3)sc21)OC(C)C. The molecule has 1 atom stereocenters. The van der Waals surface area contributed by atoms with Crippen molar-refractivity contribution >= 4 is 27.5 Å². The van der Waals surface area contributed by atoms with Gasteiger partial charge in [-0.25, -0.2) is 14.3 Å². The maximum atomic E-state index is 14.5. The van der Waals surface area contributed by atoms with E-state index in [1.54, 1.807) is 32.8 Å². The lowest BCUT2D eigenvalue weighted by atomic mass is 10.0. The summed E-state index contributed by atoms with van der Waals surface area (Å²) in [5.74, 6) is 0.643. The number of hydrogen-bond donors (Lipinski definition) is 0. The zero-order chi connectivity index (χ0) is 30.2. The first kappa shape index (κ1) is 29.7. The minimum Gasteiger partial charge on any atom is -0.496 e. The van der Waals surface area contributed by atoms with Crippen molar-refractivity contribution in [2.45, 2.75) is 58.9 Å². The van der Waals surface area contributed by atoms with Crippen LogP contribution >= 0.6 is 11.3 Å². The molecule has 12 heteroatoms. The van der Waals surface area contributed by atoms with Crippen molar-refractivity contribution in [2.24, 2.45) is 0 Å². The number of benzene rings is 1. The van der Waals surface area contributed by atoms with Crippen molar-refractivity contribution in [1.82, 2.24) is 19.0 Å². The van der Waals surface area contributed by atoms with Gasteiger partial charge in [0.15, 0.2) is 0 Å². The van der Waals surface area contributed by atoms with Gasteiger partial charge in [0, 0.05) is 18.7 Å². The normalized spacial score (nSPS) is 15.0. The molecule has 1 amide bonds. The number of thiophene rings is 1. The fourth-order valence-corrected chi connectivity index (χ4v) is 6.67. The minimum atomic E-state index is -1.47. The number of rotatable bonds is 9. The predicted octanol–water partition coefficient (Wildman–Crippen LogP) is 3.96. The second-order valence-corrected chi connectivity index (χ2v) is 12.0. The van der Waals surface area contributed by atoms with Gasteiger partial charge >= 0.3 is 5.69 Å². The smallest absolute Gasteiger partial charge is 0.333 e. The van der Waals surface area contributed by atoms with Crippen LogP contribution in [0.25, 0.3) is 21.0 Å². The number of ether oxygens (including phenoxy) is 3. The van der Waals surface area contributed by atoms with Crippen molar-refractivity contribution in [1.29, 1.82) is 0 Å². The topological polar surface area (TPSA) is 118 Å². The van der Waals surface area contributed by atoms with E-state index in [2.05, 4.69) is 4.98 Å². The van der Waals surface area contributed by atoms with Gasteiger partial charge in [-0.05, 0) is 46.2 Å². The van der Waals surface area contributed by atoms with Crippen molar-refractivity contribution in [3.63, 3.8) is 0 Å². The summed E-state index contributed by atoms with van der Waals surface area (Å²) in [6.07, 6.45) is 2.22. The molecule has 3 aromatic heterocycles. The minimum absolute atomic E-state index is 0.0704. The highest BCUT2D eigenvalue weighted by Crippen LogP contribution is 2.37. The maximum absolute atomic E-state index is 14.5. The lowest BCUT2D eigenvalue weighted by Crippen LogP contribution is -2.58. The molecule has 1 aliphatic rings. The number of nitrogens with zero attached hydrogens (tertiary/aromatic N) is 4.